The van der Waals surface area contributed by atoms with Crippen LogP contribution >= 0.6 is 11.8 Å². The summed E-state index contributed by atoms with van der Waals surface area (Å²) in [6, 6.07) is 20.7. The lowest BCUT2D eigenvalue weighted by atomic mass is 10.1. The van der Waals surface area contributed by atoms with Crippen LogP contribution in [0.15, 0.2) is 82.6 Å². The first-order valence-electron chi connectivity index (χ1n) is 14.0. The second-order valence-corrected chi connectivity index (χ2v) is 12.8. The van der Waals surface area contributed by atoms with E-state index in [2.05, 4.69) is 5.32 Å². The number of carbonyl (C=O) groups is 2. The number of thioether (sulfide) groups is 1. The number of amides is 2. The molecule has 0 saturated carbocycles. The lowest BCUT2D eigenvalue weighted by Crippen LogP contribution is -2.52. The summed E-state index contributed by atoms with van der Waals surface area (Å²) >= 11 is 1.52. The summed E-state index contributed by atoms with van der Waals surface area (Å²) in [7, 11) is -4.10. The number of hydrogen-bond acceptors (Lipinski definition) is 5. The molecule has 0 aliphatic carbocycles. The SMILES string of the molecule is CCCCNC(=O)[C@H](CC)N(Cc1ccccc1C)C(=O)CN(c1ccc(C)cc1)S(=O)(=O)c1ccc(SC)cc1. The summed E-state index contributed by atoms with van der Waals surface area (Å²) in [5.74, 6) is -0.684. The number of nitrogens with zero attached hydrogens (tertiary/aromatic N) is 2. The maximum Gasteiger partial charge on any atom is 0.264 e. The van der Waals surface area contributed by atoms with Crippen LogP contribution in [0.2, 0.25) is 0 Å². The molecule has 3 aromatic rings. The molecule has 0 radical (unpaired) electrons. The largest absolute Gasteiger partial charge is 0.354 e. The summed E-state index contributed by atoms with van der Waals surface area (Å²) in [4.78, 5) is 30.0. The third kappa shape index (κ3) is 8.36. The van der Waals surface area contributed by atoms with Crippen LogP contribution < -0.4 is 9.62 Å². The first-order chi connectivity index (χ1) is 19.6. The fourth-order valence-electron chi connectivity index (χ4n) is 4.51. The van der Waals surface area contributed by atoms with Crippen molar-refractivity contribution in [2.75, 3.05) is 23.7 Å². The van der Waals surface area contributed by atoms with Crippen LogP contribution in [0.25, 0.3) is 0 Å². The molecular formula is C32H41N3O4S2. The van der Waals surface area contributed by atoms with E-state index >= 15 is 0 Å². The number of nitrogens with one attached hydrogen (secondary N) is 1. The highest BCUT2D eigenvalue weighted by atomic mass is 32.2. The van der Waals surface area contributed by atoms with Gasteiger partial charge in [-0.05, 0) is 80.5 Å². The standard InChI is InChI=1S/C32H41N3O4S2/c1-6-8-21-33-32(37)30(7-2)34(22-26-12-10-9-11-25(26)4)31(36)23-35(27-15-13-24(3)14-16-27)41(38,39)29-19-17-28(40-5)18-20-29/h9-20,30H,6-8,21-23H2,1-5H3,(H,33,37)/t30-/m0/s1. The molecule has 1 N–H and O–H groups in total. The van der Waals surface area contributed by atoms with E-state index in [1.165, 1.54) is 16.7 Å². The predicted octanol–water partition coefficient (Wildman–Crippen LogP) is 5.94. The number of anilines is 1. The average molecular weight is 596 g/mol. The molecule has 0 aliphatic heterocycles. The molecule has 0 aromatic heterocycles. The number of aryl methyl sites for hydroxylation is 2. The third-order valence-corrected chi connectivity index (χ3v) is 9.60. The van der Waals surface area contributed by atoms with Gasteiger partial charge in [-0.2, -0.15) is 0 Å². The van der Waals surface area contributed by atoms with Crippen LogP contribution in [-0.2, 0) is 26.2 Å². The summed E-state index contributed by atoms with van der Waals surface area (Å²) in [6.45, 7) is 8.06. The molecule has 220 valence electrons. The quantitative estimate of drug-likeness (QED) is 0.184. The number of carbonyl (C=O) groups excluding carboxylic acids is 2. The highest BCUT2D eigenvalue weighted by molar-refractivity contribution is 7.98. The third-order valence-electron chi connectivity index (χ3n) is 7.07. The Kier molecular flexibility index (Phi) is 11.8. The van der Waals surface area contributed by atoms with Crippen LogP contribution in [0.3, 0.4) is 0 Å². The second kappa shape index (κ2) is 15.1. The molecule has 0 heterocycles. The van der Waals surface area contributed by atoms with Crippen LogP contribution in [0, 0.1) is 13.8 Å². The van der Waals surface area contributed by atoms with Crippen molar-refractivity contribution >= 4 is 39.3 Å². The zero-order valence-corrected chi connectivity index (χ0v) is 26.2. The molecule has 2 amide bonds. The summed E-state index contributed by atoms with van der Waals surface area (Å²) in [5, 5.41) is 2.96. The highest BCUT2D eigenvalue weighted by Crippen LogP contribution is 2.27. The van der Waals surface area contributed by atoms with Gasteiger partial charge in [0, 0.05) is 18.0 Å². The van der Waals surface area contributed by atoms with Gasteiger partial charge in [0.15, 0.2) is 0 Å². The molecule has 0 aliphatic rings. The number of hydrogen-bond donors (Lipinski definition) is 1. The molecule has 3 rings (SSSR count). The first kappa shape index (κ1) is 32.2. The molecule has 3 aromatic carbocycles. The Morgan fingerprint density at radius 1 is 0.927 bits per heavy atom. The van der Waals surface area contributed by atoms with Crippen molar-refractivity contribution in [3.05, 3.63) is 89.5 Å². The van der Waals surface area contributed by atoms with E-state index in [4.69, 9.17) is 0 Å². The van der Waals surface area contributed by atoms with E-state index in [1.54, 1.807) is 36.4 Å². The van der Waals surface area contributed by atoms with Crippen molar-refractivity contribution in [1.82, 2.24) is 10.2 Å². The minimum Gasteiger partial charge on any atom is -0.354 e. The van der Waals surface area contributed by atoms with Crippen molar-refractivity contribution in [2.24, 2.45) is 0 Å². The minimum atomic E-state index is -4.10. The Labute approximate surface area is 249 Å². The van der Waals surface area contributed by atoms with Crippen LogP contribution in [0.4, 0.5) is 5.69 Å². The lowest BCUT2D eigenvalue weighted by Gasteiger charge is -2.33. The van der Waals surface area contributed by atoms with Crippen molar-refractivity contribution < 1.29 is 18.0 Å². The van der Waals surface area contributed by atoms with Crippen molar-refractivity contribution in [3.63, 3.8) is 0 Å². The Morgan fingerprint density at radius 2 is 1.59 bits per heavy atom. The normalized spacial score (nSPS) is 12.0. The second-order valence-electron chi connectivity index (χ2n) is 10.0. The predicted molar refractivity (Wildman–Crippen MR) is 168 cm³/mol. The molecule has 0 spiro atoms. The molecule has 0 unspecified atom stereocenters. The fraction of sp³-hybridized carbons (Fsp3) is 0.375. The smallest absolute Gasteiger partial charge is 0.264 e. The maximum atomic E-state index is 14.2. The molecule has 0 saturated heterocycles. The van der Waals surface area contributed by atoms with Crippen molar-refractivity contribution in [3.8, 4) is 0 Å². The zero-order chi connectivity index (χ0) is 30.0. The van der Waals surface area contributed by atoms with Gasteiger partial charge in [0.1, 0.15) is 12.6 Å². The van der Waals surface area contributed by atoms with Crippen LogP contribution in [0.5, 0.6) is 0 Å². The average Bonchev–Trinajstić information content (AvgIpc) is 2.97. The van der Waals surface area contributed by atoms with Gasteiger partial charge in [-0.25, -0.2) is 8.42 Å². The van der Waals surface area contributed by atoms with Gasteiger partial charge in [0.25, 0.3) is 10.0 Å². The van der Waals surface area contributed by atoms with E-state index in [0.29, 0.717) is 18.7 Å². The van der Waals surface area contributed by atoms with Gasteiger partial charge in [-0.1, -0.05) is 62.2 Å². The number of unbranched alkanes of at least 4 members (excludes halogenated alkanes) is 1. The van der Waals surface area contributed by atoms with Crippen molar-refractivity contribution in [2.45, 2.75) is 69.3 Å². The molecule has 0 bridgehead atoms. The van der Waals surface area contributed by atoms with Crippen molar-refractivity contribution in [1.29, 1.82) is 0 Å². The van der Waals surface area contributed by atoms with Gasteiger partial charge in [0.05, 0.1) is 10.6 Å². The maximum absolute atomic E-state index is 14.2. The number of rotatable bonds is 14. The highest BCUT2D eigenvalue weighted by Gasteiger charge is 2.33. The summed E-state index contributed by atoms with van der Waals surface area (Å²) in [6.07, 6.45) is 4.09. The first-order valence-corrected chi connectivity index (χ1v) is 16.6. The van der Waals surface area contributed by atoms with E-state index in [-0.39, 0.29) is 17.3 Å². The van der Waals surface area contributed by atoms with Crippen LogP contribution in [0.1, 0.15) is 49.8 Å². The molecule has 41 heavy (non-hydrogen) atoms. The van der Waals surface area contributed by atoms with E-state index in [0.717, 1.165) is 38.7 Å². The Hall–Kier alpha value is -3.30. The monoisotopic (exact) mass is 595 g/mol. The zero-order valence-electron chi connectivity index (χ0n) is 24.6. The lowest BCUT2D eigenvalue weighted by molar-refractivity contribution is -0.140. The fourth-order valence-corrected chi connectivity index (χ4v) is 6.33. The Bertz CT molecular complexity index is 1410. The van der Waals surface area contributed by atoms with Crippen LogP contribution in [-0.4, -0.2) is 50.5 Å². The van der Waals surface area contributed by atoms with Gasteiger partial charge in [-0.15, -0.1) is 11.8 Å². The Morgan fingerprint density at radius 3 is 2.17 bits per heavy atom. The number of benzene rings is 3. The van der Waals surface area contributed by atoms with Gasteiger partial charge >= 0.3 is 0 Å². The van der Waals surface area contributed by atoms with Gasteiger partial charge < -0.3 is 10.2 Å². The minimum absolute atomic E-state index is 0.0958. The van der Waals surface area contributed by atoms with E-state index in [9.17, 15) is 18.0 Å². The molecule has 1 atom stereocenters. The number of sulfonamides is 1. The summed E-state index contributed by atoms with van der Waals surface area (Å²) < 4.78 is 29.2. The van der Waals surface area contributed by atoms with E-state index in [1.807, 2.05) is 70.3 Å². The van der Waals surface area contributed by atoms with E-state index < -0.39 is 28.5 Å². The molecule has 9 heteroatoms. The van der Waals surface area contributed by atoms with Gasteiger partial charge in [-0.3, -0.25) is 13.9 Å². The molecule has 7 nitrogen and oxygen atoms in total. The molecular weight excluding hydrogens is 555 g/mol. The van der Waals surface area contributed by atoms with Gasteiger partial charge in [0.2, 0.25) is 11.8 Å². The molecule has 0 fully saturated rings. The summed E-state index contributed by atoms with van der Waals surface area (Å²) in [5.41, 5.74) is 3.24. The Balaban J connectivity index is 2.04. The topological polar surface area (TPSA) is 86.8 Å².